The molecule has 0 aliphatic heterocycles. The van der Waals surface area contributed by atoms with Crippen molar-refractivity contribution in [2.24, 2.45) is 0 Å². The summed E-state index contributed by atoms with van der Waals surface area (Å²) >= 11 is 5.64. The zero-order valence-corrected chi connectivity index (χ0v) is 7.36. The van der Waals surface area contributed by atoms with Gasteiger partial charge in [0.1, 0.15) is 0 Å². The van der Waals surface area contributed by atoms with Crippen LogP contribution in [0, 0.1) is 10.1 Å². The molecule has 0 aromatic heterocycles. The van der Waals surface area contributed by atoms with E-state index in [0.717, 1.165) is 11.9 Å². The maximum atomic E-state index is 9.90. The van der Waals surface area contributed by atoms with Gasteiger partial charge in [-0.25, -0.2) is 0 Å². The summed E-state index contributed by atoms with van der Waals surface area (Å²) in [6.07, 6.45) is 2.08. The number of nitrogens with one attached hydrogen (secondary N) is 1. The van der Waals surface area contributed by atoms with E-state index in [1.807, 2.05) is 0 Å². The number of hydrogen-bond donors (Lipinski definition) is 1. The van der Waals surface area contributed by atoms with Crippen molar-refractivity contribution in [1.29, 1.82) is 0 Å². The van der Waals surface area contributed by atoms with Crippen LogP contribution in [0.5, 0.6) is 0 Å². The van der Waals surface area contributed by atoms with E-state index in [9.17, 15) is 10.1 Å². The van der Waals surface area contributed by atoms with Gasteiger partial charge in [0.25, 0.3) is 0 Å². The molecule has 0 radical (unpaired) electrons. The summed E-state index contributed by atoms with van der Waals surface area (Å²) in [7, 11) is 0. The smallest absolute Gasteiger partial charge is 0.250 e. The Kier molecular flexibility index (Phi) is 3.28. The topological polar surface area (TPSA) is 55.2 Å². The van der Waals surface area contributed by atoms with E-state index in [1.54, 1.807) is 24.3 Å². The quantitative estimate of drug-likeness (QED) is 0.600. The molecule has 0 bridgehead atoms. The SMILES string of the molecule is O=[N+]([O-])C=CNc1ccc(Cl)cc1. The zero-order valence-electron chi connectivity index (χ0n) is 6.61. The predicted octanol–water partition coefficient (Wildman–Crippen LogP) is 2.50. The first-order valence-electron chi connectivity index (χ1n) is 3.51. The van der Waals surface area contributed by atoms with Crippen LogP contribution in [0.4, 0.5) is 5.69 Å². The van der Waals surface area contributed by atoms with Gasteiger partial charge in [-0.05, 0) is 24.3 Å². The first-order valence-corrected chi connectivity index (χ1v) is 3.88. The molecule has 1 aromatic rings. The highest BCUT2D eigenvalue weighted by atomic mass is 35.5. The Morgan fingerprint density at radius 3 is 2.54 bits per heavy atom. The number of benzene rings is 1. The molecular weight excluding hydrogens is 192 g/mol. The molecule has 0 spiro atoms. The maximum Gasteiger partial charge on any atom is 0.250 e. The van der Waals surface area contributed by atoms with Crippen LogP contribution in [0.2, 0.25) is 5.02 Å². The average Bonchev–Trinajstić information content (AvgIpc) is 2.08. The van der Waals surface area contributed by atoms with Gasteiger partial charge in [-0.1, -0.05) is 11.6 Å². The summed E-state index contributed by atoms with van der Waals surface area (Å²) < 4.78 is 0. The van der Waals surface area contributed by atoms with Crippen molar-refractivity contribution in [3.05, 3.63) is 51.8 Å². The molecule has 0 amide bonds. The minimum atomic E-state index is -0.539. The highest BCUT2D eigenvalue weighted by Crippen LogP contribution is 2.12. The molecule has 0 aliphatic rings. The third kappa shape index (κ3) is 3.57. The van der Waals surface area contributed by atoms with Gasteiger partial charge < -0.3 is 5.32 Å². The van der Waals surface area contributed by atoms with Crippen LogP contribution < -0.4 is 5.32 Å². The lowest BCUT2D eigenvalue weighted by Gasteiger charge is -1.97. The summed E-state index contributed by atoms with van der Waals surface area (Å²) in [6.45, 7) is 0. The van der Waals surface area contributed by atoms with Crippen molar-refractivity contribution in [2.45, 2.75) is 0 Å². The van der Waals surface area contributed by atoms with Crippen LogP contribution in [-0.4, -0.2) is 4.92 Å². The number of anilines is 1. The number of hydrogen-bond acceptors (Lipinski definition) is 3. The number of rotatable bonds is 3. The summed E-state index contributed by atoms with van der Waals surface area (Å²) in [5, 5.41) is 13.3. The van der Waals surface area contributed by atoms with Gasteiger partial charge in [0.15, 0.2) is 0 Å². The Balaban J connectivity index is 2.55. The minimum absolute atomic E-state index is 0.539. The van der Waals surface area contributed by atoms with Gasteiger partial charge in [0.05, 0.1) is 11.1 Å². The van der Waals surface area contributed by atoms with E-state index in [1.165, 1.54) is 6.20 Å². The normalized spacial score (nSPS) is 10.2. The van der Waals surface area contributed by atoms with Crippen molar-refractivity contribution < 1.29 is 4.92 Å². The van der Waals surface area contributed by atoms with E-state index >= 15 is 0 Å². The molecule has 0 fully saturated rings. The van der Waals surface area contributed by atoms with Crippen LogP contribution in [-0.2, 0) is 0 Å². The van der Waals surface area contributed by atoms with Gasteiger partial charge >= 0.3 is 0 Å². The standard InChI is InChI=1S/C8H7ClN2O2/c9-7-1-3-8(4-2-7)10-5-6-11(12)13/h1-6,10H. The molecule has 1 N–H and O–H groups in total. The molecule has 5 heteroatoms. The van der Waals surface area contributed by atoms with E-state index in [-0.39, 0.29) is 0 Å². The molecular formula is C8H7ClN2O2. The fraction of sp³-hybridized carbons (Fsp3) is 0. The first kappa shape index (κ1) is 9.54. The Bertz CT molecular complexity index is 321. The molecule has 0 saturated heterocycles. The molecule has 0 unspecified atom stereocenters. The molecule has 0 heterocycles. The second-order valence-corrected chi connectivity index (χ2v) is 2.69. The van der Waals surface area contributed by atoms with Crippen LogP contribution >= 0.6 is 11.6 Å². The highest BCUT2D eigenvalue weighted by molar-refractivity contribution is 6.30. The van der Waals surface area contributed by atoms with Gasteiger partial charge in [0, 0.05) is 10.7 Å². The zero-order chi connectivity index (χ0) is 9.68. The summed E-state index contributed by atoms with van der Waals surface area (Å²) in [6, 6.07) is 6.85. The lowest BCUT2D eigenvalue weighted by molar-refractivity contribution is -0.402. The molecule has 1 aromatic carbocycles. The maximum absolute atomic E-state index is 9.90. The van der Waals surface area contributed by atoms with Gasteiger partial charge in [-0.2, -0.15) is 0 Å². The molecule has 0 atom stereocenters. The predicted molar refractivity (Wildman–Crippen MR) is 51.2 cm³/mol. The van der Waals surface area contributed by atoms with E-state index < -0.39 is 4.92 Å². The minimum Gasteiger partial charge on any atom is -0.356 e. The lowest BCUT2D eigenvalue weighted by atomic mass is 10.3. The molecule has 1 rings (SSSR count). The monoisotopic (exact) mass is 198 g/mol. The van der Waals surface area contributed by atoms with E-state index in [0.29, 0.717) is 5.02 Å². The molecule has 13 heavy (non-hydrogen) atoms. The fourth-order valence-corrected chi connectivity index (χ4v) is 0.866. The Morgan fingerprint density at radius 1 is 1.38 bits per heavy atom. The second-order valence-electron chi connectivity index (χ2n) is 2.25. The Labute approximate surface area is 80.0 Å². The van der Waals surface area contributed by atoms with Crippen LogP contribution in [0.15, 0.2) is 36.7 Å². The van der Waals surface area contributed by atoms with Crippen molar-refractivity contribution in [3.63, 3.8) is 0 Å². The second kappa shape index (κ2) is 4.47. The molecule has 68 valence electrons. The fourth-order valence-electron chi connectivity index (χ4n) is 0.740. The van der Waals surface area contributed by atoms with Gasteiger partial charge in [0.2, 0.25) is 6.20 Å². The number of halogens is 1. The van der Waals surface area contributed by atoms with E-state index in [2.05, 4.69) is 5.32 Å². The van der Waals surface area contributed by atoms with Crippen molar-refractivity contribution in [3.8, 4) is 0 Å². The first-order chi connectivity index (χ1) is 6.18. The summed E-state index contributed by atoms with van der Waals surface area (Å²) in [5.74, 6) is 0. The third-order valence-electron chi connectivity index (χ3n) is 1.29. The van der Waals surface area contributed by atoms with Gasteiger partial charge in [-0.3, -0.25) is 10.1 Å². The Morgan fingerprint density at radius 2 is 2.00 bits per heavy atom. The average molecular weight is 199 g/mol. The van der Waals surface area contributed by atoms with Crippen LogP contribution in [0.25, 0.3) is 0 Å². The van der Waals surface area contributed by atoms with Gasteiger partial charge in [-0.15, -0.1) is 0 Å². The van der Waals surface area contributed by atoms with E-state index in [4.69, 9.17) is 11.6 Å². The Hall–Kier alpha value is -1.55. The van der Waals surface area contributed by atoms with Crippen LogP contribution in [0.1, 0.15) is 0 Å². The van der Waals surface area contributed by atoms with Crippen molar-refractivity contribution >= 4 is 17.3 Å². The lowest BCUT2D eigenvalue weighted by Crippen LogP contribution is -1.90. The van der Waals surface area contributed by atoms with Crippen molar-refractivity contribution in [1.82, 2.24) is 0 Å². The largest absolute Gasteiger partial charge is 0.356 e. The number of nitro groups is 1. The molecule has 0 aliphatic carbocycles. The molecule has 0 saturated carbocycles. The molecule has 4 nitrogen and oxygen atoms in total. The highest BCUT2D eigenvalue weighted by Gasteiger charge is 1.89. The van der Waals surface area contributed by atoms with Crippen LogP contribution in [0.3, 0.4) is 0 Å². The number of nitrogens with zero attached hydrogens (tertiary/aromatic N) is 1. The summed E-state index contributed by atoms with van der Waals surface area (Å²) in [5.41, 5.74) is 0.752. The summed E-state index contributed by atoms with van der Waals surface area (Å²) in [4.78, 5) is 9.36. The third-order valence-corrected chi connectivity index (χ3v) is 1.54. The van der Waals surface area contributed by atoms with Crippen molar-refractivity contribution in [2.75, 3.05) is 5.32 Å².